The van der Waals surface area contributed by atoms with Crippen molar-refractivity contribution in [3.63, 3.8) is 0 Å². The van der Waals surface area contributed by atoms with Crippen LogP contribution in [0.3, 0.4) is 0 Å². The Kier molecular flexibility index (Phi) is 6.48. The molecule has 0 atom stereocenters. The second-order valence-electron chi connectivity index (χ2n) is 7.24. The molecule has 1 aromatic heterocycles. The van der Waals surface area contributed by atoms with E-state index in [1.165, 1.54) is 0 Å². The highest BCUT2D eigenvalue weighted by atomic mass is 35.5. The molecule has 0 unspecified atom stereocenters. The van der Waals surface area contributed by atoms with Crippen LogP contribution in [0, 0.1) is 18.8 Å². The third kappa shape index (κ3) is 5.23. The number of hydrogen-bond acceptors (Lipinski definition) is 5. The maximum Gasteiger partial charge on any atom is 0.159 e. The number of aromatic nitrogens is 2. The van der Waals surface area contributed by atoms with Crippen LogP contribution >= 0.6 is 11.6 Å². The van der Waals surface area contributed by atoms with E-state index in [4.69, 9.17) is 17.3 Å². The molecule has 0 saturated carbocycles. The molecular weight excluding hydrogens is 334 g/mol. The number of nitrogens with zero attached hydrogens (tertiary/aromatic N) is 3. The van der Waals surface area contributed by atoms with Crippen molar-refractivity contribution < 1.29 is 0 Å². The van der Waals surface area contributed by atoms with Gasteiger partial charge in [-0.1, -0.05) is 45.4 Å². The van der Waals surface area contributed by atoms with Crippen molar-refractivity contribution in [2.45, 2.75) is 34.6 Å². The van der Waals surface area contributed by atoms with E-state index < -0.39 is 0 Å². The molecule has 0 fully saturated rings. The molecule has 5 nitrogen and oxygen atoms in total. The zero-order chi connectivity index (χ0) is 18.6. The summed E-state index contributed by atoms with van der Waals surface area (Å²) < 4.78 is 0. The Morgan fingerprint density at radius 2 is 1.76 bits per heavy atom. The van der Waals surface area contributed by atoms with E-state index in [2.05, 4.69) is 47.9 Å². The van der Waals surface area contributed by atoms with Gasteiger partial charge >= 0.3 is 0 Å². The van der Waals surface area contributed by atoms with Gasteiger partial charge in [0, 0.05) is 23.8 Å². The first-order chi connectivity index (χ1) is 11.8. The van der Waals surface area contributed by atoms with E-state index in [-0.39, 0.29) is 0 Å². The van der Waals surface area contributed by atoms with Crippen LogP contribution in [-0.2, 0) is 0 Å². The van der Waals surface area contributed by atoms with Gasteiger partial charge in [0.2, 0.25) is 0 Å². The lowest BCUT2D eigenvalue weighted by Crippen LogP contribution is -2.32. The minimum atomic E-state index is 0.514. The molecule has 2 aromatic rings. The van der Waals surface area contributed by atoms with Gasteiger partial charge in [-0.25, -0.2) is 9.97 Å². The predicted octanol–water partition coefficient (Wildman–Crippen LogP) is 4.88. The number of nitrogen functional groups attached to an aromatic ring is 1. The fraction of sp³-hybridized carbons (Fsp3) is 0.474. The van der Waals surface area contributed by atoms with Crippen LogP contribution in [0.5, 0.6) is 0 Å². The zero-order valence-corrected chi connectivity index (χ0v) is 16.4. The van der Waals surface area contributed by atoms with Gasteiger partial charge in [0.1, 0.15) is 12.0 Å². The van der Waals surface area contributed by atoms with Gasteiger partial charge in [-0.2, -0.15) is 0 Å². The average molecular weight is 362 g/mol. The molecule has 3 N–H and O–H groups in total. The Hall–Kier alpha value is -2.01. The van der Waals surface area contributed by atoms with Crippen LogP contribution in [0.25, 0.3) is 0 Å². The van der Waals surface area contributed by atoms with E-state index in [0.29, 0.717) is 28.4 Å². The monoisotopic (exact) mass is 361 g/mol. The second kappa shape index (κ2) is 8.39. The lowest BCUT2D eigenvalue weighted by Gasteiger charge is -2.28. The van der Waals surface area contributed by atoms with Gasteiger partial charge < -0.3 is 16.0 Å². The summed E-state index contributed by atoms with van der Waals surface area (Å²) in [5, 5.41) is 3.96. The first kappa shape index (κ1) is 19.3. The van der Waals surface area contributed by atoms with Gasteiger partial charge in [0.05, 0.1) is 0 Å². The van der Waals surface area contributed by atoms with Gasteiger partial charge in [-0.15, -0.1) is 0 Å². The third-order valence-electron chi connectivity index (χ3n) is 3.77. The van der Waals surface area contributed by atoms with Gasteiger partial charge in [0.25, 0.3) is 0 Å². The molecule has 1 heterocycles. The lowest BCUT2D eigenvalue weighted by atomic mass is 10.1. The molecule has 6 heteroatoms. The van der Waals surface area contributed by atoms with Gasteiger partial charge in [0.15, 0.2) is 11.6 Å². The van der Waals surface area contributed by atoms with E-state index in [1.54, 1.807) is 6.33 Å². The number of aryl methyl sites for hydroxylation is 1. The highest BCUT2D eigenvalue weighted by Gasteiger charge is 2.17. The maximum absolute atomic E-state index is 6.39. The molecule has 0 bridgehead atoms. The predicted molar refractivity (Wildman–Crippen MR) is 108 cm³/mol. The van der Waals surface area contributed by atoms with Crippen molar-refractivity contribution in [3.05, 3.63) is 35.1 Å². The summed E-state index contributed by atoms with van der Waals surface area (Å²) >= 11 is 6.20. The molecule has 0 amide bonds. The van der Waals surface area contributed by atoms with Crippen LogP contribution in [0.15, 0.2) is 24.5 Å². The van der Waals surface area contributed by atoms with Crippen LogP contribution in [0.4, 0.5) is 23.0 Å². The van der Waals surface area contributed by atoms with Crippen molar-refractivity contribution in [3.8, 4) is 0 Å². The Morgan fingerprint density at radius 3 is 2.32 bits per heavy atom. The first-order valence-electron chi connectivity index (χ1n) is 8.66. The number of nitrogens with two attached hydrogens (primary N) is 1. The molecular formula is C19H28ClN5. The van der Waals surface area contributed by atoms with Crippen molar-refractivity contribution in [1.29, 1.82) is 0 Å². The van der Waals surface area contributed by atoms with E-state index in [1.807, 2.05) is 25.1 Å². The van der Waals surface area contributed by atoms with Crippen LogP contribution in [0.2, 0.25) is 5.02 Å². The van der Waals surface area contributed by atoms with Crippen molar-refractivity contribution in [2.24, 2.45) is 11.8 Å². The number of hydrogen-bond donors (Lipinski definition) is 2. The number of nitrogens with one attached hydrogen (secondary N) is 1. The number of anilines is 4. The highest BCUT2D eigenvalue weighted by molar-refractivity contribution is 6.31. The molecule has 1 aromatic carbocycles. The van der Waals surface area contributed by atoms with Crippen molar-refractivity contribution in [2.75, 3.05) is 29.0 Å². The molecule has 0 aliphatic rings. The van der Waals surface area contributed by atoms with Crippen LogP contribution < -0.4 is 16.0 Å². The van der Waals surface area contributed by atoms with Crippen molar-refractivity contribution in [1.82, 2.24) is 9.97 Å². The molecule has 2 rings (SSSR count). The highest BCUT2D eigenvalue weighted by Crippen LogP contribution is 2.30. The fourth-order valence-electron chi connectivity index (χ4n) is 2.67. The average Bonchev–Trinajstić information content (AvgIpc) is 2.51. The Labute approximate surface area is 155 Å². The minimum Gasteiger partial charge on any atom is -0.393 e. The summed E-state index contributed by atoms with van der Waals surface area (Å²) in [6, 6.07) is 5.80. The zero-order valence-electron chi connectivity index (χ0n) is 15.7. The smallest absolute Gasteiger partial charge is 0.159 e. The Bertz CT molecular complexity index is 705. The summed E-state index contributed by atoms with van der Waals surface area (Å²) in [6.45, 7) is 12.5. The molecule has 0 aliphatic carbocycles. The molecule has 0 radical (unpaired) electrons. The summed E-state index contributed by atoms with van der Waals surface area (Å²) in [5.74, 6) is 2.40. The number of halogens is 1. The lowest BCUT2D eigenvalue weighted by molar-refractivity contribution is 0.549. The maximum atomic E-state index is 6.39. The van der Waals surface area contributed by atoms with E-state index >= 15 is 0 Å². The topological polar surface area (TPSA) is 67.1 Å². The van der Waals surface area contributed by atoms with Crippen LogP contribution in [-0.4, -0.2) is 23.1 Å². The summed E-state index contributed by atoms with van der Waals surface area (Å²) in [6.07, 6.45) is 1.55. The standard InChI is InChI=1S/C19H28ClN5/c1-12(2)9-25(10-13(3)4)19-17(21)18(22-11-23-19)24-15-7-6-14(5)16(20)8-15/h6-8,11-13H,9-10,21H2,1-5H3,(H,22,23,24). The Balaban J connectivity index is 2.31. The molecule has 0 spiro atoms. The SMILES string of the molecule is Cc1ccc(Nc2ncnc(N(CC(C)C)CC(C)C)c2N)cc1Cl. The summed E-state index contributed by atoms with van der Waals surface area (Å²) in [7, 11) is 0. The van der Waals surface area contributed by atoms with E-state index in [0.717, 1.165) is 30.2 Å². The molecule has 0 saturated heterocycles. The third-order valence-corrected chi connectivity index (χ3v) is 4.18. The molecule has 0 aliphatic heterocycles. The van der Waals surface area contributed by atoms with Gasteiger partial charge in [-0.3, -0.25) is 0 Å². The summed E-state index contributed by atoms with van der Waals surface area (Å²) in [4.78, 5) is 11.0. The minimum absolute atomic E-state index is 0.514. The second-order valence-corrected chi connectivity index (χ2v) is 7.65. The summed E-state index contributed by atoms with van der Waals surface area (Å²) in [5.41, 5.74) is 8.83. The normalized spacial score (nSPS) is 11.2. The number of benzene rings is 1. The number of rotatable bonds is 7. The first-order valence-corrected chi connectivity index (χ1v) is 9.04. The van der Waals surface area contributed by atoms with Crippen LogP contribution in [0.1, 0.15) is 33.3 Å². The fourth-order valence-corrected chi connectivity index (χ4v) is 2.85. The van der Waals surface area contributed by atoms with Crippen molar-refractivity contribution >= 4 is 34.6 Å². The Morgan fingerprint density at radius 1 is 1.12 bits per heavy atom. The van der Waals surface area contributed by atoms with Gasteiger partial charge in [-0.05, 0) is 36.5 Å². The quantitative estimate of drug-likeness (QED) is 0.735. The van der Waals surface area contributed by atoms with E-state index in [9.17, 15) is 0 Å². The molecule has 136 valence electrons. The largest absolute Gasteiger partial charge is 0.393 e. The molecule has 25 heavy (non-hydrogen) atoms.